The smallest absolute Gasteiger partial charge is 0.348 e. The number of para-hydroxylation sites is 1. The predicted octanol–water partition coefficient (Wildman–Crippen LogP) is 3.52. The van der Waals surface area contributed by atoms with E-state index in [1.165, 1.54) is 0 Å². The zero-order valence-corrected chi connectivity index (χ0v) is 18.3. The highest BCUT2D eigenvalue weighted by Gasteiger charge is 2.29. The number of nitrogens with two attached hydrogens (primary N) is 1. The molecule has 1 amide bonds. The van der Waals surface area contributed by atoms with E-state index in [4.69, 9.17) is 10.2 Å². The van der Waals surface area contributed by atoms with Gasteiger partial charge < -0.3 is 10.2 Å². The Labute approximate surface area is 186 Å². The van der Waals surface area contributed by atoms with E-state index in [1.807, 2.05) is 53.4 Å². The van der Waals surface area contributed by atoms with Crippen LogP contribution < -0.4 is 11.4 Å². The van der Waals surface area contributed by atoms with Crippen molar-refractivity contribution >= 4 is 43.9 Å². The van der Waals surface area contributed by atoms with Gasteiger partial charge in [-0.3, -0.25) is 14.3 Å². The number of benzene rings is 2. The lowest BCUT2D eigenvalue weighted by Crippen LogP contribution is -2.42. The number of hydrogen-bond acceptors (Lipinski definition) is 5. The third-order valence-electron chi connectivity index (χ3n) is 5.91. The fourth-order valence-corrected chi connectivity index (χ4v) is 4.89. The number of aromatic nitrogens is 2. The monoisotopic (exact) mass is 480 g/mol. The van der Waals surface area contributed by atoms with Crippen LogP contribution in [-0.4, -0.2) is 39.5 Å². The largest absolute Gasteiger partial charge is 0.451 e. The number of hydrogen-bond donors (Lipinski definition) is 1. The quantitative estimate of drug-likeness (QED) is 0.471. The van der Waals surface area contributed by atoms with Crippen LogP contribution in [0.1, 0.15) is 12.8 Å². The first-order chi connectivity index (χ1) is 15.0. The molecule has 8 heteroatoms. The molecule has 1 fully saturated rings. The number of fused-ring (bicyclic) bond motifs is 3. The highest BCUT2D eigenvalue weighted by Crippen LogP contribution is 2.36. The van der Waals surface area contributed by atoms with Crippen LogP contribution in [0.15, 0.2) is 62.2 Å². The molecule has 4 aromatic rings. The molecule has 3 heterocycles. The van der Waals surface area contributed by atoms with Gasteiger partial charge in [0.25, 0.3) is 0 Å². The van der Waals surface area contributed by atoms with Crippen LogP contribution in [0, 0.1) is 0 Å². The summed E-state index contributed by atoms with van der Waals surface area (Å²) in [5.74, 6) is -0.315. The normalized spacial score (nSPS) is 17.0. The zero-order chi connectivity index (χ0) is 21.5. The standard InChI is InChI=1S/C23H21BrN4O3/c24-16-9-4-8-15-19-21(31-20(15)16)18(14-6-2-1-3-7-14)26-23(30)28(19)13-12-27-11-5-10-17(27)22(25)29/h1-4,6-9,17H,5,10-13H2,(H2,25,29)/t17-/m1/s1. The van der Waals surface area contributed by atoms with E-state index < -0.39 is 0 Å². The van der Waals surface area contributed by atoms with Crippen molar-refractivity contribution in [1.82, 2.24) is 14.5 Å². The highest BCUT2D eigenvalue weighted by molar-refractivity contribution is 9.10. The molecule has 31 heavy (non-hydrogen) atoms. The Hall–Kier alpha value is -2.97. The van der Waals surface area contributed by atoms with Crippen LogP contribution in [0.25, 0.3) is 33.3 Å². The number of nitrogens with zero attached hydrogens (tertiary/aromatic N) is 3. The lowest BCUT2D eigenvalue weighted by molar-refractivity contribution is -0.122. The molecular formula is C23H21BrN4O3. The van der Waals surface area contributed by atoms with Crippen molar-refractivity contribution in [3.63, 3.8) is 0 Å². The minimum absolute atomic E-state index is 0.280. The Morgan fingerprint density at radius 1 is 1.13 bits per heavy atom. The van der Waals surface area contributed by atoms with Gasteiger partial charge >= 0.3 is 5.69 Å². The summed E-state index contributed by atoms with van der Waals surface area (Å²) in [5.41, 5.74) is 8.51. The number of halogens is 1. The molecule has 0 bridgehead atoms. The van der Waals surface area contributed by atoms with Crippen LogP contribution in [-0.2, 0) is 11.3 Å². The zero-order valence-electron chi connectivity index (χ0n) is 16.8. The molecule has 0 radical (unpaired) electrons. The van der Waals surface area contributed by atoms with E-state index in [-0.39, 0.29) is 17.6 Å². The summed E-state index contributed by atoms with van der Waals surface area (Å²) in [5, 5.41) is 0.842. The van der Waals surface area contributed by atoms with Crippen molar-refractivity contribution in [3.8, 4) is 11.3 Å². The van der Waals surface area contributed by atoms with E-state index in [9.17, 15) is 9.59 Å². The molecule has 2 aromatic heterocycles. The summed E-state index contributed by atoms with van der Waals surface area (Å²) in [4.78, 5) is 31.3. The summed E-state index contributed by atoms with van der Waals surface area (Å²) >= 11 is 3.55. The van der Waals surface area contributed by atoms with Gasteiger partial charge in [-0.15, -0.1) is 0 Å². The topological polar surface area (TPSA) is 94.4 Å². The van der Waals surface area contributed by atoms with Crippen molar-refractivity contribution in [3.05, 3.63) is 63.5 Å². The molecule has 0 spiro atoms. The maximum atomic E-state index is 13.2. The summed E-state index contributed by atoms with van der Waals surface area (Å²) in [6.07, 6.45) is 1.68. The maximum absolute atomic E-state index is 13.2. The third kappa shape index (κ3) is 3.45. The Morgan fingerprint density at radius 3 is 2.71 bits per heavy atom. The van der Waals surface area contributed by atoms with Crippen molar-refractivity contribution < 1.29 is 9.21 Å². The number of amides is 1. The van der Waals surface area contributed by atoms with Gasteiger partial charge in [-0.1, -0.05) is 36.4 Å². The molecule has 0 aliphatic carbocycles. The van der Waals surface area contributed by atoms with Crippen LogP contribution in [0.2, 0.25) is 0 Å². The third-order valence-corrected chi connectivity index (χ3v) is 6.54. The van der Waals surface area contributed by atoms with E-state index >= 15 is 0 Å². The fourth-order valence-electron chi connectivity index (χ4n) is 4.45. The van der Waals surface area contributed by atoms with Crippen molar-refractivity contribution in [2.45, 2.75) is 25.4 Å². The minimum Gasteiger partial charge on any atom is -0.451 e. The molecule has 0 unspecified atom stereocenters. The van der Waals surface area contributed by atoms with E-state index in [0.29, 0.717) is 35.5 Å². The number of carbonyl (C=O) groups is 1. The Morgan fingerprint density at radius 2 is 1.94 bits per heavy atom. The molecule has 1 aliphatic rings. The van der Waals surface area contributed by atoms with E-state index in [1.54, 1.807) is 4.57 Å². The number of likely N-dealkylation sites (tertiary alicyclic amines) is 1. The molecular weight excluding hydrogens is 460 g/mol. The summed E-state index contributed by atoms with van der Waals surface area (Å²) < 4.78 is 8.70. The molecule has 1 aliphatic heterocycles. The molecule has 158 valence electrons. The number of furan rings is 1. The minimum atomic E-state index is -0.344. The number of carbonyl (C=O) groups excluding carboxylic acids is 1. The predicted molar refractivity (Wildman–Crippen MR) is 123 cm³/mol. The second-order valence-electron chi connectivity index (χ2n) is 7.75. The number of primary amides is 1. The first kappa shape index (κ1) is 20.0. The van der Waals surface area contributed by atoms with Gasteiger partial charge in [0.15, 0.2) is 11.2 Å². The molecule has 1 atom stereocenters. The molecule has 5 rings (SSSR count). The van der Waals surface area contributed by atoms with Gasteiger partial charge in [0.2, 0.25) is 5.91 Å². The summed E-state index contributed by atoms with van der Waals surface area (Å²) in [6.45, 7) is 1.72. The van der Waals surface area contributed by atoms with E-state index in [2.05, 4.69) is 20.9 Å². The van der Waals surface area contributed by atoms with Crippen LogP contribution >= 0.6 is 15.9 Å². The van der Waals surface area contributed by atoms with Crippen LogP contribution in [0.3, 0.4) is 0 Å². The van der Waals surface area contributed by atoms with Gasteiger partial charge in [-0.25, -0.2) is 4.79 Å². The highest BCUT2D eigenvalue weighted by atomic mass is 79.9. The van der Waals surface area contributed by atoms with E-state index in [0.717, 1.165) is 34.8 Å². The van der Waals surface area contributed by atoms with Gasteiger partial charge in [-0.2, -0.15) is 4.98 Å². The summed E-state index contributed by atoms with van der Waals surface area (Å²) in [7, 11) is 0. The summed E-state index contributed by atoms with van der Waals surface area (Å²) in [6, 6.07) is 15.0. The van der Waals surface area contributed by atoms with Gasteiger partial charge in [0, 0.05) is 24.0 Å². The van der Waals surface area contributed by atoms with Crippen molar-refractivity contribution in [1.29, 1.82) is 0 Å². The molecule has 1 saturated heterocycles. The molecule has 0 saturated carbocycles. The Bertz CT molecular complexity index is 1350. The Balaban J connectivity index is 1.67. The first-order valence-electron chi connectivity index (χ1n) is 10.2. The van der Waals surface area contributed by atoms with Gasteiger partial charge in [0.05, 0.1) is 10.5 Å². The van der Waals surface area contributed by atoms with Crippen LogP contribution in [0.4, 0.5) is 0 Å². The SMILES string of the molecule is NC(=O)[C@H]1CCCN1CCn1c(=O)nc(-c2ccccc2)c2oc3c(Br)cccc3c21. The van der Waals surface area contributed by atoms with Gasteiger partial charge in [0.1, 0.15) is 11.2 Å². The molecule has 2 N–H and O–H groups in total. The average molecular weight is 481 g/mol. The lowest BCUT2D eigenvalue weighted by Gasteiger charge is -2.22. The second kappa shape index (κ2) is 7.94. The van der Waals surface area contributed by atoms with Crippen molar-refractivity contribution in [2.24, 2.45) is 5.73 Å². The van der Waals surface area contributed by atoms with Crippen molar-refractivity contribution in [2.75, 3.05) is 13.1 Å². The van der Waals surface area contributed by atoms with Crippen LogP contribution in [0.5, 0.6) is 0 Å². The second-order valence-corrected chi connectivity index (χ2v) is 8.61. The van der Waals surface area contributed by atoms with Gasteiger partial charge in [-0.05, 0) is 47.4 Å². The molecule has 2 aromatic carbocycles. The average Bonchev–Trinajstić information content (AvgIpc) is 3.39. The maximum Gasteiger partial charge on any atom is 0.348 e. The number of rotatable bonds is 5. The molecule has 7 nitrogen and oxygen atoms in total. The fraction of sp³-hybridized carbons (Fsp3) is 0.261. The lowest BCUT2D eigenvalue weighted by atomic mass is 10.1. The first-order valence-corrected chi connectivity index (χ1v) is 11.0. The Kier molecular flexibility index (Phi) is 5.11.